The molecule has 3 N–H and O–H groups in total. The van der Waals surface area contributed by atoms with Crippen molar-refractivity contribution in [1.82, 2.24) is 5.32 Å². The zero-order valence-electron chi connectivity index (χ0n) is 9.87. The average molecular weight is 272 g/mol. The maximum atomic E-state index is 13.4. The van der Waals surface area contributed by atoms with Gasteiger partial charge in [0.2, 0.25) is 0 Å². The van der Waals surface area contributed by atoms with Gasteiger partial charge in [0.25, 0.3) is 5.91 Å². The Hall–Kier alpha value is -1.56. The molecule has 6 heteroatoms. The lowest BCUT2D eigenvalue weighted by molar-refractivity contribution is 0.0940. The van der Waals surface area contributed by atoms with Crippen molar-refractivity contribution >= 4 is 23.1 Å². The molecule has 18 heavy (non-hydrogen) atoms. The van der Waals surface area contributed by atoms with E-state index in [1.165, 1.54) is 12.1 Å². The molecule has 0 saturated carbocycles. The number of thiocarbonyl (C=S) groups is 1. The first-order valence-electron chi connectivity index (χ1n) is 5.51. The van der Waals surface area contributed by atoms with Crippen LogP contribution in [0.5, 0.6) is 0 Å². The zero-order valence-corrected chi connectivity index (χ0v) is 10.7. The number of hydrogen-bond acceptors (Lipinski definition) is 2. The van der Waals surface area contributed by atoms with Crippen LogP contribution in [0.2, 0.25) is 0 Å². The van der Waals surface area contributed by atoms with E-state index < -0.39 is 23.6 Å². The normalized spacial score (nSPS) is 11.9. The molecule has 1 unspecified atom stereocenters. The topological polar surface area (TPSA) is 55.1 Å². The Morgan fingerprint density at radius 2 is 2.17 bits per heavy atom. The van der Waals surface area contributed by atoms with Gasteiger partial charge in [-0.05, 0) is 18.6 Å². The van der Waals surface area contributed by atoms with E-state index in [-0.39, 0.29) is 10.6 Å². The number of carbonyl (C=O) groups excluding carboxylic acids is 1. The molecule has 98 valence electrons. The second-order valence-corrected chi connectivity index (χ2v) is 4.29. The third kappa shape index (κ3) is 3.46. The van der Waals surface area contributed by atoms with Crippen molar-refractivity contribution in [1.29, 1.82) is 0 Å². The Bertz CT molecular complexity index is 465. The highest BCUT2D eigenvalue weighted by atomic mass is 32.1. The van der Waals surface area contributed by atoms with Crippen molar-refractivity contribution in [2.75, 3.05) is 0 Å². The van der Waals surface area contributed by atoms with Gasteiger partial charge in [-0.15, -0.1) is 0 Å². The lowest BCUT2D eigenvalue weighted by Gasteiger charge is -2.16. The maximum absolute atomic E-state index is 13.4. The number of carbonyl (C=O) groups is 1. The monoisotopic (exact) mass is 272 g/mol. The molecule has 1 rings (SSSR count). The highest BCUT2D eigenvalue weighted by Gasteiger charge is 2.19. The number of hydrogen-bond donors (Lipinski definition) is 2. The summed E-state index contributed by atoms with van der Waals surface area (Å²) in [6, 6.07) is 2.91. The SMILES string of the molecule is CCCC(NC(=O)c1cccc(F)c1F)C(N)=S. The standard InChI is InChI=1S/C12H14F2N2OS/c1-2-4-9(11(15)18)16-12(17)7-5-3-6-8(13)10(7)14/h3,5-6,9H,2,4H2,1H3,(H2,15,18)(H,16,17). The predicted molar refractivity (Wildman–Crippen MR) is 69.3 cm³/mol. The fourth-order valence-electron chi connectivity index (χ4n) is 1.49. The van der Waals surface area contributed by atoms with Gasteiger partial charge in [-0.2, -0.15) is 0 Å². The summed E-state index contributed by atoms with van der Waals surface area (Å²) in [4.78, 5) is 11.9. The van der Waals surface area contributed by atoms with Crippen molar-refractivity contribution in [2.24, 2.45) is 5.73 Å². The molecule has 1 amide bonds. The van der Waals surface area contributed by atoms with E-state index in [4.69, 9.17) is 18.0 Å². The third-order valence-corrected chi connectivity index (χ3v) is 2.71. The molecular formula is C12H14F2N2OS. The Morgan fingerprint density at radius 3 is 2.72 bits per heavy atom. The number of nitrogens with two attached hydrogens (primary N) is 1. The second kappa shape index (κ2) is 6.39. The molecular weight excluding hydrogens is 258 g/mol. The molecule has 0 heterocycles. The van der Waals surface area contributed by atoms with Gasteiger partial charge in [0, 0.05) is 0 Å². The molecule has 0 bridgehead atoms. The summed E-state index contributed by atoms with van der Waals surface area (Å²) in [6.07, 6.45) is 1.31. The van der Waals surface area contributed by atoms with Crippen LogP contribution >= 0.6 is 12.2 Å². The van der Waals surface area contributed by atoms with Gasteiger partial charge in [0.1, 0.15) is 0 Å². The van der Waals surface area contributed by atoms with Crippen LogP contribution in [-0.4, -0.2) is 16.9 Å². The lowest BCUT2D eigenvalue weighted by atomic mass is 10.1. The van der Waals surface area contributed by atoms with Gasteiger partial charge in [0.15, 0.2) is 11.6 Å². The van der Waals surface area contributed by atoms with Crippen molar-refractivity contribution in [3.8, 4) is 0 Å². The molecule has 0 aliphatic carbocycles. The first-order valence-corrected chi connectivity index (χ1v) is 5.92. The molecule has 0 aliphatic heterocycles. The summed E-state index contributed by atoms with van der Waals surface area (Å²) in [5, 5.41) is 2.49. The number of nitrogens with one attached hydrogen (secondary N) is 1. The zero-order chi connectivity index (χ0) is 13.7. The van der Waals surface area contributed by atoms with Gasteiger partial charge in [-0.25, -0.2) is 8.78 Å². The van der Waals surface area contributed by atoms with Crippen molar-refractivity contribution in [2.45, 2.75) is 25.8 Å². The molecule has 1 atom stereocenters. The van der Waals surface area contributed by atoms with Gasteiger partial charge in [-0.3, -0.25) is 4.79 Å². The summed E-state index contributed by atoms with van der Waals surface area (Å²) in [5.41, 5.74) is 5.11. The molecule has 3 nitrogen and oxygen atoms in total. The van der Waals surface area contributed by atoms with E-state index in [0.717, 1.165) is 12.5 Å². The first kappa shape index (κ1) is 14.5. The van der Waals surface area contributed by atoms with Gasteiger partial charge in [0.05, 0.1) is 16.6 Å². The predicted octanol–water partition coefficient (Wildman–Crippen LogP) is 2.15. The van der Waals surface area contributed by atoms with E-state index in [0.29, 0.717) is 6.42 Å². The van der Waals surface area contributed by atoms with E-state index in [9.17, 15) is 13.6 Å². The minimum absolute atomic E-state index is 0.127. The maximum Gasteiger partial charge on any atom is 0.254 e. The van der Waals surface area contributed by atoms with E-state index in [1.807, 2.05) is 6.92 Å². The van der Waals surface area contributed by atoms with Crippen LogP contribution in [0, 0.1) is 11.6 Å². The first-order chi connectivity index (χ1) is 8.47. The van der Waals surface area contributed by atoms with Crippen LogP contribution in [0.15, 0.2) is 18.2 Å². The van der Waals surface area contributed by atoms with E-state index >= 15 is 0 Å². The minimum Gasteiger partial charge on any atom is -0.392 e. The van der Waals surface area contributed by atoms with Crippen LogP contribution in [0.4, 0.5) is 8.78 Å². The van der Waals surface area contributed by atoms with E-state index in [1.54, 1.807) is 0 Å². The van der Waals surface area contributed by atoms with Gasteiger partial charge >= 0.3 is 0 Å². The highest BCUT2D eigenvalue weighted by Crippen LogP contribution is 2.11. The number of benzene rings is 1. The van der Waals surface area contributed by atoms with Crippen molar-refractivity contribution < 1.29 is 13.6 Å². The van der Waals surface area contributed by atoms with Crippen LogP contribution in [-0.2, 0) is 0 Å². The summed E-state index contributed by atoms with van der Waals surface area (Å²) < 4.78 is 26.4. The Kier molecular flexibility index (Phi) is 5.15. The highest BCUT2D eigenvalue weighted by molar-refractivity contribution is 7.80. The number of rotatable bonds is 5. The summed E-state index contributed by atoms with van der Waals surface area (Å²) in [6.45, 7) is 1.90. The van der Waals surface area contributed by atoms with Crippen molar-refractivity contribution in [3.63, 3.8) is 0 Å². The number of halogens is 2. The fourth-order valence-corrected chi connectivity index (χ4v) is 1.67. The number of amides is 1. The lowest BCUT2D eigenvalue weighted by Crippen LogP contribution is -2.43. The molecule has 1 aromatic rings. The van der Waals surface area contributed by atoms with Crippen LogP contribution in [0.25, 0.3) is 0 Å². The molecule has 1 aromatic carbocycles. The average Bonchev–Trinajstić information content (AvgIpc) is 2.31. The molecule has 0 spiro atoms. The summed E-state index contributed by atoms with van der Waals surface area (Å²) in [7, 11) is 0. The summed E-state index contributed by atoms with van der Waals surface area (Å²) in [5.74, 6) is -2.96. The minimum atomic E-state index is -1.17. The van der Waals surface area contributed by atoms with Crippen LogP contribution in [0.1, 0.15) is 30.1 Å². The molecule has 0 aliphatic rings. The Morgan fingerprint density at radius 1 is 1.50 bits per heavy atom. The molecule has 0 fully saturated rings. The molecule has 0 aromatic heterocycles. The van der Waals surface area contributed by atoms with Crippen LogP contribution in [0.3, 0.4) is 0 Å². The molecule has 0 saturated heterocycles. The third-order valence-electron chi connectivity index (χ3n) is 2.42. The Balaban J connectivity index is 2.87. The summed E-state index contributed by atoms with van der Waals surface area (Å²) >= 11 is 4.80. The van der Waals surface area contributed by atoms with E-state index in [2.05, 4.69) is 5.32 Å². The Labute approximate surface area is 109 Å². The fraction of sp³-hybridized carbons (Fsp3) is 0.333. The molecule has 0 radical (unpaired) electrons. The van der Waals surface area contributed by atoms with Crippen molar-refractivity contribution in [3.05, 3.63) is 35.4 Å². The largest absolute Gasteiger partial charge is 0.392 e. The van der Waals surface area contributed by atoms with Gasteiger partial charge < -0.3 is 11.1 Å². The van der Waals surface area contributed by atoms with Crippen LogP contribution < -0.4 is 11.1 Å². The smallest absolute Gasteiger partial charge is 0.254 e. The quantitative estimate of drug-likeness (QED) is 0.808. The van der Waals surface area contributed by atoms with Gasteiger partial charge in [-0.1, -0.05) is 31.6 Å². The second-order valence-electron chi connectivity index (χ2n) is 3.82.